The van der Waals surface area contributed by atoms with Gasteiger partial charge in [0.2, 0.25) is 5.91 Å². The largest absolute Gasteiger partial charge is 0.400 e. The maximum atomic E-state index is 14.3. The van der Waals surface area contributed by atoms with Gasteiger partial charge in [-0.05, 0) is 42.8 Å². The summed E-state index contributed by atoms with van der Waals surface area (Å²) in [6.07, 6.45) is -6.28. The Morgan fingerprint density at radius 2 is 1.78 bits per heavy atom. The van der Waals surface area contributed by atoms with Gasteiger partial charge < -0.3 is 20.5 Å². The lowest BCUT2D eigenvalue weighted by Gasteiger charge is -2.32. The summed E-state index contributed by atoms with van der Waals surface area (Å²) in [5.41, 5.74) is 5.92. The summed E-state index contributed by atoms with van der Waals surface area (Å²) in [5, 5.41) is 16.2. The number of hydrogen-bond donors (Lipinski definition) is 2. The average molecular weight is 476 g/mol. The Bertz CT molecular complexity index is 903. The summed E-state index contributed by atoms with van der Waals surface area (Å²) in [6, 6.07) is 10.2. The van der Waals surface area contributed by atoms with E-state index in [0.29, 0.717) is 10.7 Å². The number of nitriles is 1. The number of primary amides is 1. The van der Waals surface area contributed by atoms with Crippen molar-refractivity contribution in [3.05, 3.63) is 64.4 Å². The highest BCUT2D eigenvalue weighted by molar-refractivity contribution is 6.30. The van der Waals surface area contributed by atoms with E-state index in [1.165, 1.54) is 41.3 Å². The van der Waals surface area contributed by atoms with Crippen LogP contribution in [0.1, 0.15) is 24.0 Å². The molecule has 1 amide bonds. The van der Waals surface area contributed by atoms with Gasteiger partial charge in [-0.15, -0.1) is 0 Å². The molecule has 6 nitrogen and oxygen atoms in total. The first kappa shape index (κ1) is 28.8. The average Bonchev–Trinajstić information content (AvgIpc) is 2.76. The summed E-state index contributed by atoms with van der Waals surface area (Å²) < 4.78 is 52.4. The van der Waals surface area contributed by atoms with Crippen molar-refractivity contribution in [3.8, 4) is 6.07 Å². The smallest absolute Gasteiger partial charge is 0.389 e. The molecule has 0 saturated heterocycles. The van der Waals surface area contributed by atoms with E-state index in [4.69, 9.17) is 32.5 Å². The minimum atomic E-state index is -4.47. The molecule has 0 aliphatic rings. The van der Waals surface area contributed by atoms with E-state index in [2.05, 4.69) is 0 Å². The fourth-order valence-corrected chi connectivity index (χ4v) is 2.82. The molecule has 0 aliphatic carbocycles. The van der Waals surface area contributed by atoms with Gasteiger partial charge in [0.25, 0.3) is 0 Å². The number of aliphatic hydroxyl groups excluding tert-OH is 1. The second-order valence-electron chi connectivity index (χ2n) is 6.09. The summed E-state index contributed by atoms with van der Waals surface area (Å²) in [6.45, 7) is 1.78. The van der Waals surface area contributed by atoms with Crippen molar-refractivity contribution in [2.24, 2.45) is 5.73 Å². The summed E-state index contributed by atoms with van der Waals surface area (Å²) >= 11 is 5.85. The van der Waals surface area contributed by atoms with Crippen LogP contribution in [0.4, 0.5) is 23.2 Å². The lowest BCUT2D eigenvalue weighted by molar-refractivity contribution is -0.138. The summed E-state index contributed by atoms with van der Waals surface area (Å²) in [7, 11) is 1.00. The van der Waals surface area contributed by atoms with Crippen LogP contribution in [0.15, 0.2) is 42.5 Å². The van der Waals surface area contributed by atoms with Crippen molar-refractivity contribution in [2.75, 3.05) is 12.0 Å². The zero-order valence-corrected chi connectivity index (χ0v) is 17.8. The monoisotopic (exact) mass is 475 g/mol. The van der Waals surface area contributed by atoms with Gasteiger partial charge in [-0.2, -0.15) is 18.4 Å². The SMILES string of the molecule is C=O.CO.N#Cc1ccc(CN(c2ccc(Cl)cc2)C(CCC(F)(F)F)C(N)=O)c(F)c1. The van der Waals surface area contributed by atoms with Crippen LogP contribution in [-0.4, -0.2) is 37.1 Å². The van der Waals surface area contributed by atoms with Crippen molar-refractivity contribution >= 4 is 30.0 Å². The number of amides is 1. The Hall–Kier alpha value is -3.16. The Morgan fingerprint density at radius 3 is 2.22 bits per heavy atom. The Morgan fingerprint density at radius 1 is 1.22 bits per heavy atom. The van der Waals surface area contributed by atoms with Gasteiger partial charge in [-0.1, -0.05) is 17.7 Å². The first-order valence-corrected chi connectivity index (χ1v) is 9.29. The lowest BCUT2D eigenvalue weighted by atomic mass is 10.0. The zero-order valence-electron chi connectivity index (χ0n) is 17.1. The van der Waals surface area contributed by atoms with Gasteiger partial charge >= 0.3 is 6.18 Å². The fraction of sp³-hybridized carbons (Fsp3) is 0.286. The van der Waals surface area contributed by atoms with E-state index >= 15 is 0 Å². The van der Waals surface area contributed by atoms with Crippen molar-refractivity contribution in [2.45, 2.75) is 31.6 Å². The van der Waals surface area contributed by atoms with Gasteiger partial charge in [0.1, 0.15) is 18.6 Å². The van der Waals surface area contributed by atoms with Gasteiger partial charge in [-0.3, -0.25) is 4.79 Å². The molecular weight excluding hydrogens is 454 g/mol. The molecule has 0 bridgehead atoms. The van der Waals surface area contributed by atoms with E-state index in [0.717, 1.165) is 13.2 Å². The molecular formula is C21H22ClF4N3O3. The highest BCUT2D eigenvalue weighted by atomic mass is 35.5. The quantitative estimate of drug-likeness (QED) is 0.589. The first-order chi connectivity index (χ1) is 15.1. The number of hydrogen-bond acceptors (Lipinski definition) is 5. The number of benzene rings is 2. The van der Waals surface area contributed by atoms with Gasteiger partial charge in [0, 0.05) is 36.3 Å². The molecule has 11 heteroatoms. The maximum absolute atomic E-state index is 14.3. The molecule has 0 aromatic heterocycles. The highest BCUT2D eigenvalue weighted by Crippen LogP contribution is 2.29. The molecule has 2 aromatic carbocycles. The number of carbonyl (C=O) groups excluding carboxylic acids is 2. The van der Waals surface area contributed by atoms with E-state index in [1.807, 2.05) is 6.79 Å². The highest BCUT2D eigenvalue weighted by Gasteiger charge is 2.33. The molecule has 3 N–H and O–H groups in total. The number of carbonyl (C=O) groups is 2. The number of nitrogens with zero attached hydrogens (tertiary/aromatic N) is 2. The molecule has 32 heavy (non-hydrogen) atoms. The molecule has 2 rings (SSSR count). The molecule has 0 heterocycles. The Balaban J connectivity index is 0.00000227. The van der Waals surface area contributed by atoms with Crippen LogP contribution in [0.2, 0.25) is 5.02 Å². The van der Waals surface area contributed by atoms with E-state index in [-0.39, 0.29) is 17.7 Å². The summed E-state index contributed by atoms with van der Waals surface area (Å²) in [5.74, 6) is -1.68. The van der Waals surface area contributed by atoms with Crippen LogP contribution in [0, 0.1) is 17.1 Å². The van der Waals surface area contributed by atoms with E-state index in [1.54, 1.807) is 6.07 Å². The fourth-order valence-electron chi connectivity index (χ4n) is 2.69. The molecule has 0 spiro atoms. The third-order valence-electron chi connectivity index (χ3n) is 4.09. The van der Waals surface area contributed by atoms with E-state index in [9.17, 15) is 22.4 Å². The third-order valence-corrected chi connectivity index (χ3v) is 4.34. The molecule has 2 aromatic rings. The standard InChI is InChI=1S/C19H16ClF4N3O.CH4O.CH2O/c20-14-3-5-15(6-4-14)27(17(18(26)28)7-8-19(22,23)24)11-13-2-1-12(10-25)9-16(13)21;2*1-2/h1-6,9,17H,7-8,11H2,(H2,26,28);2H,1H3;1H2. The number of rotatable bonds is 7. The predicted molar refractivity (Wildman–Crippen MR) is 112 cm³/mol. The molecule has 1 atom stereocenters. The second kappa shape index (κ2) is 14.0. The van der Waals surface area contributed by atoms with E-state index < -0.39 is 36.8 Å². The number of halogens is 5. The number of nitrogens with two attached hydrogens (primary N) is 1. The maximum Gasteiger partial charge on any atom is 0.389 e. The molecule has 174 valence electrons. The predicted octanol–water partition coefficient (Wildman–Crippen LogP) is 3.98. The second-order valence-corrected chi connectivity index (χ2v) is 6.53. The van der Waals surface area contributed by atoms with Crippen LogP contribution in [0.5, 0.6) is 0 Å². The molecule has 0 saturated carbocycles. The molecule has 0 aliphatic heterocycles. The number of alkyl halides is 3. The summed E-state index contributed by atoms with van der Waals surface area (Å²) in [4.78, 5) is 21.2. The Labute approximate surface area is 187 Å². The van der Waals surface area contributed by atoms with Crippen LogP contribution in [0.3, 0.4) is 0 Å². The zero-order chi connectivity index (χ0) is 24.9. The molecule has 1 unspecified atom stereocenters. The Kier molecular flexibility index (Phi) is 12.6. The van der Waals surface area contributed by atoms with Gasteiger partial charge in [0.05, 0.1) is 11.6 Å². The van der Waals surface area contributed by atoms with Gasteiger partial charge in [0.15, 0.2) is 0 Å². The van der Waals surface area contributed by atoms with Crippen LogP contribution >= 0.6 is 11.6 Å². The minimum Gasteiger partial charge on any atom is -0.400 e. The van der Waals surface area contributed by atoms with Crippen LogP contribution in [-0.2, 0) is 16.1 Å². The van der Waals surface area contributed by atoms with Crippen molar-refractivity contribution in [1.29, 1.82) is 5.26 Å². The van der Waals surface area contributed by atoms with Crippen molar-refractivity contribution < 1.29 is 32.3 Å². The number of anilines is 1. The topological polar surface area (TPSA) is 107 Å². The third kappa shape index (κ3) is 9.32. The minimum absolute atomic E-state index is 0.0998. The van der Waals surface area contributed by atoms with Crippen molar-refractivity contribution in [1.82, 2.24) is 0 Å². The van der Waals surface area contributed by atoms with Crippen LogP contribution < -0.4 is 10.6 Å². The molecule has 0 radical (unpaired) electrons. The molecule has 0 fully saturated rings. The normalized spacial score (nSPS) is 11.1. The van der Waals surface area contributed by atoms with Crippen molar-refractivity contribution in [3.63, 3.8) is 0 Å². The lowest BCUT2D eigenvalue weighted by Crippen LogP contribution is -2.45. The number of aliphatic hydroxyl groups is 1. The first-order valence-electron chi connectivity index (χ1n) is 8.91. The van der Waals surface area contributed by atoms with Crippen LogP contribution in [0.25, 0.3) is 0 Å². The van der Waals surface area contributed by atoms with Gasteiger partial charge in [-0.25, -0.2) is 4.39 Å².